The molecule has 0 heterocycles. The zero-order valence-electron chi connectivity index (χ0n) is 9.24. The molecule has 1 nitrogen and oxygen atoms in total. The first-order chi connectivity index (χ1) is 7.01. The van der Waals surface area contributed by atoms with E-state index in [9.17, 15) is 13.2 Å². The van der Waals surface area contributed by atoms with E-state index >= 15 is 0 Å². The van der Waals surface area contributed by atoms with E-state index in [0.29, 0.717) is 12.6 Å². The molecule has 1 N–H and O–H groups in total. The molecule has 0 bridgehead atoms. The highest BCUT2D eigenvalue weighted by Crippen LogP contribution is 2.28. The summed E-state index contributed by atoms with van der Waals surface area (Å²) in [6.07, 6.45) is 0.241. The molecule has 90 valence electrons. The maximum Gasteiger partial charge on any atom is 0.389 e. The summed E-state index contributed by atoms with van der Waals surface area (Å²) in [5, 5.41) is 3.22. The number of hydrogen-bond donors (Lipinski definition) is 1. The van der Waals surface area contributed by atoms with E-state index in [1.165, 1.54) is 12.8 Å². The summed E-state index contributed by atoms with van der Waals surface area (Å²) in [5.74, 6) is 0.783. The SMILES string of the molecule is CCC1CCC(NCCCC(F)(F)F)C1. The third kappa shape index (κ3) is 5.40. The molecule has 2 atom stereocenters. The maximum absolute atomic E-state index is 11.8. The van der Waals surface area contributed by atoms with Crippen molar-refractivity contribution in [1.29, 1.82) is 0 Å². The second-order valence-electron chi connectivity index (χ2n) is 4.46. The first kappa shape index (κ1) is 12.8. The fraction of sp³-hybridized carbons (Fsp3) is 1.00. The number of rotatable bonds is 5. The number of hydrogen-bond acceptors (Lipinski definition) is 1. The minimum Gasteiger partial charge on any atom is -0.314 e. The summed E-state index contributed by atoms with van der Waals surface area (Å²) in [4.78, 5) is 0. The lowest BCUT2D eigenvalue weighted by Crippen LogP contribution is -2.28. The molecular weight excluding hydrogens is 203 g/mol. The van der Waals surface area contributed by atoms with Gasteiger partial charge >= 0.3 is 6.18 Å². The highest BCUT2D eigenvalue weighted by atomic mass is 19.4. The van der Waals surface area contributed by atoms with Crippen LogP contribution in [-0.2, 0) is 0 Å². The Kier molecular flexibility index (Phi) is 4.90. The molecule has 0 aromatic rings. The minimum absolute atomic E-state index is 0.205. The summed E-state index contributed by atoms with van der Waals surface area (Å²) in [6.45, 7) is 2.68. The van der Waals surface area contributed by atoms with Gasteiger partial charge in [-0.25, -0.2) is 0 Å². The molecule has 15 heavy (non-hydrogen) atoms. The lowest BCUT2D eigenvalue weighted by Gasteiger charge is -2.13. The quantitative estimate of drug-likeness (QED) is 0.703. The van der Waals surface area contributed by atoms with Gasteiger partial charge in [0.2, 0.25) is 0 Å². The van der Waals surface area contributed by atoms with Gasteiger partial charge in [-0.05, 0) is 38.1 Å². The molecule has 4 heteroatoms. The molecule has 0 amide bonds. The highest BCUT2D eigenvalue weighted by Gasteiger charge is 2.27. The van der Waals surface area contributed by atoms with Crippen molar-refractivity contribution in [3.8, 4) is 0 Å². The predicted octanol–water partition coefficient (Wildman–Crippen LogP) is 3.50. The second-order valence-corrected chi connectivity index (χ2v) is 4.46. The highest BCUT2D eigenvalue weighted by molar-refractivity contribution is 4.79. The number of halogens is 3. The van der Waals surface area contributed by atoms with Gasteiger partial charge in [-0.2, -0.15) is 13.2 Å². The van der Waals surface area contributed by atoms with Crippen LogP contribution in [0.3, 0.4) is 0 Å². The van der Waals surface area contributed by atoms with E-state index in [-0.39, 0.29) is 6.42 Å². The van der Waals surface area contributed by atoms with Crippen LogP contribution in [0.5, 0.6) is 0 Å². The molecule has 0 saturated heterocycles. The Labute approximate surface area is 89.4 Å². The monoisotopic (exact) mass is 223 g/mol. The Morgan fingerprint density at radius 1 is 1.27 bits per heavy atom. The van der Waals surface area contributed by atoms with Gasteiger partial charge in [-0.3, -0.25) is 0 Å². The van der Waals surface area contributed by atoms with E-state index in [1.807, 2.05) is 0 Å². The van der Waals surface area contributed by atoms with Crippen LogP contribution < -0.4 is 5.32 Å². The molecule has 0 spiro atoms. The first-order valence-electron chi connectivity index (χ1n) is 5.81. The van der Waals surface area contributed by atoms with Crippen LogP contribution in [0.15, 0.2) is 0 Å². The molecule has 1 aliphatic carbocycles. The number of alkyl halides is 3. The third-order valence-electron chi connectivity index (χ3n) is 3.19. The second kappa shape index (κ2) is 5.73. The van der Waals surface area contributed by atoms with Gasteiger partial charge < -0.3 is 5.32 Å². The van der Waals surface area contributed by atoms with Gasteiger partial charge in [0.1, 0.15) is 0 Å². The molecule has 0 radical (unpaired) electrons. The van der Waals surface area contributed by atoms with Crippen molar-refractivity contribution in [2.24, 2.45) is 5.92 Å². The van der Waals surface area contributed by atoms with Gasteiger partial charge in [0, 0.05) is 12.5 Å². The zero-order valence-corrected chi connectivity index (χ0v) is 9.24. The van der Waals surface area contributed by atoms with Crippen molar-refractivity contribution in [2.75, 3.05) is 6.54 Å². The van der Waals surface area contributed by atoms with Gasteiger partial charge in [0.25, 0.3) is 0 Å². The van der Waals surface area contributed by atoms with E-state index in [4.69, 9.17) is 0 Å². The van der Waals surface area contributed by atoms with Crippen molar-refractivity contribution in [3.05, 3.63) is 0 Å². The summed E-state index contributed by atoms with van der Waals surface area (Å²) in [7, 11) is 0. The van der Waals surface area contributed by atoms with E-state index in [0.717, 1.165) is 18.8 Å². The van der Waals surface area contributed by atoms with Gasteiger partial charge in [-0.1, -0.05) is 13.3 Å². The van der Waals surface area contributed by atoms with Crippen LogP contribution in [-0.4, -0.2) is 18.8 Å². The molecule has 1 fully saturated rings. The fourth-order valence-corrected chi connectivity index (χ4v) is 2.23. The van der Waals surface area contributed by atoms with Gasteiger partial charge in [0.15, 0.2) is 0 Å². The van der Waals surface area contributed by atoms with Crippen LogP contribution in [0.1, 0.15) is 45.4 Å². The average molecular weight is 223 g/mol. The average Bonchev–Trinajstić information content (AvgIpc) is 2.59. The Bertz CT molecular complexity index is 179. The Morgan fingerprint density at radius 3 is 2.53 bits per heavy atom. The van der Waals surface area contributed by atoms with Crippen LogP contribution in [0.2, 0.25) is 0 Å². The summed E-state index contributed by atoms with van der Waals surface area (Å²) in [5.41, 5.74) is 0. The molecule has 1 saturated carbocycles. The van der Waals surface area contributed by atoms with Crippen molar-refractivity contribution in [1.82, 2.24) is 5.32 Å². The zero-order chi connectivity index (χ0) is 11.3. The van der Waals surface area contributed by atoms with E-state index in [1.54, 1.807) is 0 Å². The minimum atomic E-state index is -4.00. The van der Waals surface area contributed by atoms with Crippen LogP contribution in [0, 0.1) is 5.92 Å². The lowest BCUT2D eigenvalue weighted by atomic mass is 10.1. The van der Waals surface area contributed by atoms with Gasteiger partial charge in [-0.15, -0.1) is 0 Å². The van der Waals surface area contributed by atoms with E-state index in [2.05, 4.69) is 12.2 Å². The largest absolute Gasteiger partial charge is 0.389 e. The van der Waals surface area contributed by atoms with Crippen LogP contribution in [0.4, 0.5) is 13.2 Å². The molecule has 0 aliphatic heterocycles. The Hall–Kier alpha value is -0.250. The predicted molar refractivity (Wildman–Crippen MR) is 54.7 cm³/mol. The summed E-state index contributed by atoms with van der Waals surface area (Å²) < 4.78 is 35.5. The molecule has 2 unspecified atom stereocenters. The molecular formula is C11H20F3N. The molecule has 0 aromatic heterocycles. The molecule has 0 aromatic carbocycles. The van der Waals surface area contributed by atoms with Crippen molar-refractivity contribution in [3.63, 3.8) is 0 Å². The third-order valence-corrected chi connectivity index (χ3v) is 3.19. The smallest absolute Gasteiger partial charge is 0.314 e. The summed E-state index contributed by atoms with van der Waals surface area (Å²) >= 11 is 0. The first-order valence-corrected chi connectivity index (χ1v) is 5.81. The topological polar surface area (TPSA) is 12.0 Å². The summed E-state index contributed by atoms with van der Waals surface area (Å²) in [6, 6.07) is 0.461. The fourth-order valence-electron chi connectivity index (χ4n) is 2.23. The van der Waals surface area contributed by atoms with Gasteiger partial charge in [0.05, 0.1) is 0 Å². The lowest BCUT2D eigenvalue weighted by molar-refractivity contribution is -0.135. The maximum atomic E-state index is 11.8. The van der Waals surface area contributed by atoms with E-state index < -0.39 is 12.6 Å². The molecule has 1 aliphatic rings. The normalized spacial score (nSPS) is 27.2. The van der Waals surface area contributed by atoms with Crippen LogP contribution >= 0.6 is 0 Å². The number of nitrogens with one attached hydrogen (secondary N) is 1. The Morgan fingerprint density at radius 2 is 2.00 bits per heavy atom. The van der Waals surface area contributed by atoms with Crippen molar-refractivity contribution < 1.29 is 13.2 Å². The van der Waals surface area contributed by atoms with Crippen molar-refractivity contribution in [2.45, 2.75) is 57.7 Å². The standard InChI is InChI=1S/C11H20F3N/c1-2-9-4-5-10(8-9)15-7-3-6-11(12,13)14/h9-10,15H,2-8H2,1H3. The van der Waals surface area contributed by atoms with Crippen LogP contribution in [0.25, 0.3) is 0 Å². The Balaban J connectivity index is 2.02. The van der Waals surface area contributed by atoms with Crippen molar-refractivity contribution >= 4 is 0 Å². The molecule has 1 rings (SSSR count).